The summed E-state index contributed by atoms with van der Waals surface area (Å²) in [7, 11) is 0. The number of halogens is 4. The summed E-state index contributed by atoms with van der Waals surface area (Å²) in [6.45, 7) is 3.57. The summed E-state index contributed by atoms with van der Waals surface area (Å²) < 4.78 is 43.8. The molecular formula is C22H21ClF3N5O2. The summed E-state index contributed by atoms with van der Waals surface area (Å²) in [6.07, 6.45) is -3.72. The number of alkyl halides is 3. The van der Waals surface area contributed by atoms with Gasteiger partial charge >= 0.3 is 6.18 Å². The van der Waals surface area contributed by atoms with Gasteiger partial charge in [-0.1, -0.05) is 47.1 Å². The molecule has 1 fully saturated rings. The average molecular weight is 480 g/mol. The summed E-state index contributed by atoms with van der Waals surface area (Å²) in [5.74, 6) is 0.950. The summed E-state index contributed by atoms with van der Waals surface area (Å²) in [5.41, 5.74) is -0.0758. The van der Waals surface area contributed by atoms with E-state index in [4.69, 9.17) is 16.1 Å². The van der Waals surface area contributed by atoms with Crippen LogP contribution in [0.3, 0.4) is 0 Å². The molecule has 3 heterocycles. The van der Waals surface area contributed by atoms with E-state index in [1.54, 1.807) is 13.0 Å². The molecule has 2 aromatic heterocycles. The number of hydrogen-bond acceptors (Lipinski definition) is 6. The van der Waals surface area contributed by atoms with E-state index in [2.05, 4.69) is 15.5 Å². The average Bonchev–Trinajstić information content (AvgIpc) is 3.19. The molecule has 174 valence electrons. The maximum absolute atomic E-state index is 13.2. The molecule has 3 aromatic rings. The van der Waals surface area contributed by atoms with Crippen LogP contribution in [-0.2, 0) is 11.0 Å². The highest BCUT2D eigenvalue weighted by molar-refractivity contribution is 6.33. The number of carbonyl (C=O) groups excluding carboxylic acids is 1. The Morgan fingerprint density at radius 1 is 1.15 bits per heavy atom. The molecule has 0 spiro atoms. The second kappa shape index (κ2) is 9.40. The van der Waals surface area contributed by atoms with Gasteiger partial charge in [0.05, 0.1) is 10.6 Å². The van der Waals surface area contributed by atoms with Crippen molar-refractivity contribution in [1.29, 1.82) is 0 Å². The number of aryl methyl sites for hydroxylation is 1. The van der Waals surface area contributed by atoms with Crippen LogP contribution in [-0.4, -0.2) is 47.1 Å². The number of amides is 1. The molecule has 1 aliphatic heterocycles. The van der Waals surface area contributed by atoms with Crippen molar-refractivity contribution in [3.63, 3.8) is 0 Å². The molecule has 33 heavy (non-hydrogen) atoms. The molecule has 7 nitrogen and oxygen atoms in total. The molecule has 1 aromatic carbocycles. The largest absolute Gasteiger partial charge is 0.417 e. The Hall–Kier alpha value is -3.11. The first-order valence-corrected chi connectivity index (χ1v) is 10.6. The van der Waals surface area contributed by atoms with Crippen molar-refractivity contribution in [3.8, 4) is 0 Å². The third-order valence-corrected chi connectivity index (χ3v) is 5.65. The topological polar surface area (TPSA) is 74.5 Å². The number of carbonyl (C=O) groups is 1. The molecule has 0 bridgehead atoms. The van der Waals surface area contributed by atoms with Gasteiger partial charge in [0, 0.05) is 38.4 Å². The number of pyridine rings is 1. The van der Waals surface area contributed by atoms with Crippen LogP contribution >= 0.6 is 11.6 Å². The van der Waals surface area contributed by atoms with E-state index in [-0.39, 0.29) is 10.9 Å². The highest BCUT2D eigenvalue weighted by Crippen LogP contribution is 2.34. The number of nitrogens with zero attached hydrogens (tertiary/aromatic N) is 4. The van der Waals surface area contributed by atoms with E-state index in [9.17, 15) is 18.0 Å². The highest BCUT2D eigenvalue weighted by atomic mass is 35.5. The van der Waals surface area contributed by atoms with Gasteiger partial charge in [0.1, 0.15) is 17.6 Å². The molecule has 0 aliphatic carbocycles. The van der Waals surface area contributed by atoms with Crippen LogP contribution in [0.2, 0.25) is 5.02 Å². The zero-order valence-electron chi connectivity index (χ0n) is 17.6. The summed E-state index contributed by atoms with van der Waals surface area (Å²) >= 11 is 6.11. The summed E-state index contributed by atoms with van der Waals surface area (Å²) in [6, 6.07) is 11.3. The Kier molecular flexibility index (Phi) is 6.57. The zero-order valence-corrected chi connectivity index (χ0v) is 18.4. The van der Waals surface area contributed by atoms with Gasteiger partial charge in [0.2, 0.25) is 5.91 Å². The summed E-state index contributed by atoms with van der Waals surface area (Å²) in [4.78, 5) is 20.9. The van der Waals surface area contributed by atoms with Gasteiger partial charge in [0.15, 0.2) is 5.82 Å². The van der Waals surface area contributed by atoms with Gasteiger partial charge in [-0.3, -0.25) is 9.69 Å². The molecule has 1 unspecified atom stereocenters. The predicted molar refractivity (Wildman–Crippen MR) is 117 cm³/mol. The van der Waals surface area contributed by atoms with E-state index in [0.717, 1.165) is 17.8 Å². The molecule has 11 heteroatoms. The molecular weight excluding hydrogens is 459 g/mol. The van der Waals surface area contributed by atoms with Crippen molar-refractivity contribution in [2.45, 2.75) is 19.1 Å². The summed E-state index contributed by atoms with van der Waals surface area (Å²) in [5, 5.41) is 6.56. The van der Waals surface area contributed by atoms with Gasteiger partial charge in [-0.25, -0.2) is 4.98 Å². The van der Waals surface area contributed by atoms with Crippen molar-refractivity contribution in [2.24, 2.45) is 0 Å². The van der Waals surface area contributed by atoms with Crippen molar-refractivity contribution >= 4 is 29.1 Å². The van der Waals surface area contributed by atoms with Crippen molar-refractivity contribution < 1.29 is 22.5 Å². The second-order valence-electron chi connectivity index (χ2n) is 7.68. The number of rotatable bonds is 5. The molecule has 1 amide bonds. The lowest BCUT2D eigenvalue weighted by Crippen LogP contribution is -2.50. The lowest BCUT2D eigenvalue weighted by molar-refractivity contribution is -0.137. The fraction of sp³-hybridized carbons (Fsp3) is 0.318. The van der Waals surface area contributed by atoms with Crippen molar-refractivity contribution in [3.05, 3.63) is 70.6 Å². The number of hydrogen-bond donors (Lipinski definition) is 1. The van der Waals surface area contributed by atoms with Crippen LogP contribution < -0.4 is 10.2 Å². The first-order valence-electron chi connectivity index (χ1n) is 10.2. The van der Waals surface area contributed by atoms with Crippen molar-refractivity contribution in [2.75, 3.05) is 36.4 Å². The Morgan fingerprint density at radius 3 is 2.42 bits per heavy atom. The standard InChI is InChI=1S/C22H21ClF3N5O2/c1-14-11-18(29-33-14)28-21(32)19(15-5-3-2-4-6-15)30-7-9-31(10-8-30)20-17(23)12-16(13-27-20)22(24,25)26/h2-6,11-13,19H,7-10H2,1H3,(H,28,29,32). The molecule has 1 atom stereocenters. The normalized spacial score (nSPS) is 16.0. The van der Waals surface area contributed by atoms with E-state index in [0.29, 0.717) is 43.6 Å². The number of benzene rings is 1. The first kappa shape index (κ1) is 23.1. The van der Waals surface area contributed by atoms with Crippen LogP contribution in [0.5, 0.6) is 0 Å². The van der Waals surface area contributed by atoms with Gasteiger partial charge in [-0.15, -0.1) is 0 Å². The quantitative estimate of drug-likeness (QED) is 0.578. The minimum absolute atomic E-state index is 0.0583. The second-order valence-corrected chi connectivity index (χ2v) is 8.08. The van der Waals surface area contributed by atoms with E-state index >= 15 is 0 Å². The lowest BCUT2D eigenvalue weighted by atomic mass is 10.0. The van der Waals surface area contributed by atoms with Crippen LogP contribution in [0, 0.1) is 6.92 Å². The van der Waals surface area contributed by atoms with Crippen LogP contribution in [0.25, 0.3) is 0 Å². The van der Waals surface area contributed by atoms with Gasteiger partial charge in [-0.2, -0.15) is 13.2 Å². The van der Waals surface area contributed by atoms with Gasteiger partial charge in [-0.05, 0) is 18.6 Å². The number of nitrogens with one attached hydrogen (secondary N) is 1. The monoisotopic (exact) mass is 479 g/mol. The Labute approximate surface area is 193 Å². The van der Waals surface area contributed by atoms with Gasteiger partial charge in [0.25, 0.3) is 0 Å². The number of anilines is 2. The molecule has 0 radical (unpaired) electrons. The van der Waals surface area contributed by atoms with Crippen LogP contribution in [0.4, 0.5) is 24.8 Å². The third-order valence-electron chi connectivity index (χ3n) is 5.37. The molecule has 1 N–H and O–H groups in total. The fourth-order valence-corrected chi connectivity index (χ4v) is 4.08. The predicted octanol–water partition coefficient (Wildman–Crippen LogP) is 4.55. The first-order chi connectivity index (χ1) is 15.7. The Bertz CT molecular complexity index is 1110. The van der Waals surface area contributed by atoms with Crippen molar-refractivity contribution in [1.82, 2.24) is 15.0 Å². The highest BCUT2D eigenvalue weighted by Gasteiger charge is 2.34. The minimum atomic E-state index is -4.51. The molecule has 1 saturated heterocycles. The lowest BCUT2D eigenvalue weighted by Gasteiger charge is -2.39. The maximum Gasteiger partial charge on any atom is 0.417 e. The van der Waals surface area contributed by atoms with Crippen LogP contribution in [0.1, 0.15) is 22.9 Å². The number of aromatic nitrogens is 2. The molecule has 1 aliphatic rings. The zero-order chi connectivity index (χ0) is 23.6. The molecule has 0 saturated carbocycles. The van der Waals surface area contributed by atoms with Gasteiger partial charge < -0.3 is 14.7 Å². The van der Waals surface area contributed by atoms with E-state index < -0.39 is 17.8 Å². The van der Waals surface area contributed by atoms with Crippen LogP contribution in [0.15, 0.2) is 53.2 Å². The number of piperazine rings is 1. The van der Waals surface area contributed by atoms with E-state index in [1.807, 2.05) is 40.1 Å². The smallest absolute Gasteiger partial charge is 0.360 e. The fourth-order valence-electron chi connectivity index (χ4n) is 3.79. The third kappa shape index (κ3) is 5.28. The Balaban J connectivity index is 1.50. The Morgan fingerprint density at radius 2 is 1.85 bits per heavy atom. The minimum Gasteiger partial charge on any atom is -0.360 e. The molecule has 4 rings (SSSR count). The maximum atomic E-state index is 13.2. The van der Waals surface area contributed by atoms with E-state index in [1.165, 1.54) is 0 Å². The SMILES string of the molecule is Cc1cc(NC(=O)C(c2ccccc2)N2CCN(c3ncc(C(F)(F)F)cc3Cl)CC2)no1.